The van der Waals surface area contributed by atoms with E-state index >= 15 is 0 Å². The predicted molar refractivity (Wildman–Crippen MR) is 368 cm³/mol. The van der Waals surface area contributed by atoms with Crippen LogP contribution in [-0.2, 0) is 36.5 Å². The molecule has 0 amide bonds. The molecule has 0 atom stereocenters. The molecule has 2 aliphatic carbocycles. The summed E-state index contributed by atoms with van der Waals surface area (Å²) in [6.45, 7) is 9.24. The van der Waals surface area contributed by atoms with Crippen molar-refractivity contribution in [2.24, 2.45) is 0 Å². The van der Waals surface area contributed by atoms with Crippen molar-refractivity contribution in [3.63, 3.8) is 0 Å². The van der Waals surface area contributed by atoms with Gasteiger partial charge in [-0.2, -0.15) is 0 Å². The fraction of sp³-hybridized carbons (Fsp3) is 0.317. The van der Waals surface area contributed by atoms with Crippen LogP contribution in [-0.4, -0.2) is 0 Å². The number of hydrogen-bond acceptors (Lipinski definition) is 3. The number of thiophene rings is 2. The molecule has 0 aliphatic heterocycles. The molecule has 0 saturated heterocycles. The van der Waals surface area contributed by atoms with E-state index in [1.807, 2.05) is 22.7 Å². The van der Waals surface area contributed by atoms with E-state index in [1.54, 1.807) is 0 Å². The van der Waals surface area contributed by atoms with Crippen molar-refractivity contribution < 1.29 is 0 Å². The highest BCUT2D eigenvalue weighted by molar-refractivity contribution is 7.19. The van der Waals surface area contributed by atoms with Crippen molar-refractivity contribution in [3.05, 3.63) is 278 Å². The van der Waals surface area contributed by atoms with Gasteiger partial charge in [-0.15, -0.1) is 22.7 Å². The number of rotatable bonds is 28. The SMILES string of the molecule is CCCCCCc1ccc(C2(c3ccc(CCCCCC)cc3)c3cc4c(cc3-c3sccc32)C(c2ccc(CCCCCC)cc2)(c2ccc(CCCCCC)cc2)c2cc(-c3ccc(N(c5ccccc5)c5ccccc5)cc3)sc2-4)cc1. The zero-order valence-corrected chi connectivity index (χ0v) is 52.7. The van der Waals surface area contributed by atoms with E-state index in [1.165, 1.54) is 201 Å². The maximum Gasteiger partial charge on any atom is 0.0722 e. The van der Waals surface area contributed by atoms with Gasteiger partial charge < -0.3 is 4.90 Å². The molecule has 0 spiro atoms. The van der Waals surface area contributed by atoms with E-state index < -0.39 is 10.8 Å². The average molecular weight is 1150 g/mol. The summed E-state index contributed by atoms with van der Waals surface area (Å²) in [6, 6.07) is 81.2. The van der Waals surface area contributed by atoms with Crippen LogP contribution in [0.2, 0.25) is 0 Å². The van der Waals surface area contributed by atoms with Crippen LogP contribution in [0.25, 0.3) is 31.3 Å². The number of nitrogens with zero attached hydrogens (tertiary/aromatic N) is 1. The van der Waals surface area contributed by atoms with Gasteiger partial charge in [-0.1, -0.05) is 250 Å². The Bertz CT molecular complexity index is 3580. The summed E-state index contributed by atoms with van der Waals surface area (Å²) in [5.41, 5.74) is 23.2. The predicted octanol–water partition coefficient (Wildman–Crippen LogP) is 24.2. The number of fused-ring (bicyclic) bond motifs is 6. The van der Waals surface area contributed by atoms with Crippen LogP contribution in [0.3, 0.4) is 0 Å². The van der Waals surface area contributed by atoms with Gasteiger partial charge in [0, 0.05) is 31.7 Å². The molecular formula is C82H87NS2. The fourth-order valence-corrected chi connectivity index (χ4v) is 16.6. The summed E-state index contributed by atoms with van der Waals surface area (Å²) < 4.78 is 0. The molecule has 0 radical (unpaired) electrons. The lowest BCUT2D eigenvalue weighted by Crippen LogP contribution is -2.30. The zero-order valence-electron chi connectivity index (χ0n) is 51.1. The third-order valence-corrected chi connectivity index (χ3v) is 21.1. The molecule has 8 aromatic carbocycles. The zero-order chi connectivity index (χ0) is 58.0. The lowest BCUT2D eigenvalue weighted by atomic mass is 9.65. The minimum absolute atomic E-state index is 0.495. The van der Waals surface area contributed by atoms with E-state index in [4.69, 9.17) is 0 Å². The number of unbranched alkanes of at least 4 members (excludes halogenated alkanes) is 12. The van der Waals surface area contributed by atoms with Gasteiger partial charge in [0.05, 0.1) is 10.8 Å². The van der Waals surface area contributed by atoms with Crippen LogP contribution in [0.4, 0.5) is 17.1 Å². The second kappa shape index (κ2) is 27.1. The van der Waals surface area contributed by atoms with E-state index in [-0.39, 0.29) is 0 Å². The first kappa shape index (κ1) is 58.3. The quantitative estimate of drug-likeness (QED) is 0.0442. The standard InChI is InChI=1S/C82H87NS2/c1-5-9-13-19-27-60-35-45-65(46-36-60)81(66-47-37-61(38-48-66)28-20-14-10-6-2)74-55-56-84-79(74)72-57-76-73(58-75(72)81)80-77(59-78(85-80)64-43-53-71(54-44-64)83(69-31-23-17-24-32-69)70-33-25-18-26-34-70)82(76,67-49-39-62(40-50-67)29-21-15-11-7-3)68-51-41-63(42-52-68)30-22-16-12-8-4/h17-18,23-26,31-59H,5-16,19-22,27-30H2,1-4H3. The lowest BCUT2D eigenvalue weighted by Gasteiger charge is -2.35. The average Bonchev–Trinajstić information content (AvgIpc) is 1.60. The molecule has 0 unspecified atom stereocenters. The normalized spacial score (nSPS) is 13.4. The van der Waals surface area contributed by atoms with Crippen LogP contribution in [0.15, 0.2) is 212 Å². The van der Waals surface area contributed by atoms with Crippen LogP contribution < -0.4 is 4.90 Å². The summed E-state index contributed by atoms with van der Waals surface area (Å²) in [4.78, 5) is 6.45. The first-order valence-electron chi connectivity index (χ1n) is 32.8. The van der Waals surface area contributed by atoms with Gasteiger partial charge in [0.25, 0.3) is 0 Å². The molecule has 1 nitrogen and oxygen atoms in total. The third-order valence-electron chi connectivity index (χ3n) is 18.9. The highest BCUT2D eigenvalue weighted by Crippen LogP contribution is 2.65. The molecule has 10 aromatic rings. The lowest BCUT2D eigenvalue weighted by molar-refractivity contribution is 0.666. The highest BCUT2D eigenvalue weighted by atomic mass is 32.1. The summed E-state index contributed by atoms with van der Waals surface area (Å²) in [5.74, 6) is 0. The largest absolute Gasteiger partial charge is 0.311 e. The van der Waals surface area contributed by atoms with Crippen molar-refractivity contribution in [1.82, 2.24) is 0 Å². The molecule has 432 valence electrons. The number of para-hydroxylation sites is 2. The monoisotopic (exact) mass is 1150 g/mol. The van der Waals surface area contributed by atoms with E-state index in [2.05, 4.69) is 244 Å². The maximum atomic E-state index is 2.71. The van der Waals surface area contributed by atoms with Gasteiger partial charge in [-0.3, -0.25) is 0 Å². The van der Waals surface area contributed by atoms with E-state index in [0.29, 0.717) is 0 Å². The summed E-state index contributed by atoms with van der Waals surface area (Å²) in [7, 11) is 0. The van der Waals surface area contributed by atoms with Gasteiger partial charge in [0.2, 0.25) is 0 Å². The summed E-state index contributed by atoms with van der Waals surface area (Å²) in [6.07, 6.45) is 24.8. The summed E-state index contributed by atoms with van der Waals surface area (Å²) >= 11 is 3.92. The first-order valence-corrected chi connectivity index (χ1v) is 34.5. The number of anilines is 3. The van der Waals surface area contributed by atoms with Crippen molar-refractivity contribution in [2.75, 3.05) is 4.90 Å². The minimum atomic E-state index is -0.561. The van der Waals surface area contributed by atoms with Gasteiger partial charge in [0.15, 0.2) is 0 Å². The number of aryl methyl sites for hydroxylation is 4. The first-order chi connectivity index (χ1) is 42.0. The molecule has 0 fully saturated rings. The Morgan fingerprint density at radius 2 is 0.682 bits per heavy atom. The number of benzene rings is 8. The Hall–Kier alpha value is -7.04. The molecule has 0 saturated carbocycles. The molecule has 12 rings (SSSR count). The van der Waals surface area contributed by atoms with Crippen LogP contribution >= 0.6 is 22.7 Å². The highest BCUT2D eigenvalue weighted by Gasteiger charge is 2.52. The van der Waals surface area contributed by atoms with Crippen molar-refractivity contribution in [3.8, 4) is 31.3 Å². The van der Waals surface area contributed by atoms with Crippen LogP contribution in [0.1, 0.15) is 197 Å². The molecule has 2 aromatic heterocycles. The second-order valence-electron chi connectivity index (χ2n) is 24.5. The minimum Gasteiger partial charge on any atom is -0.311 e. The summed E-state index contributed by atoms with van der Waals surface area (Å²) in [5, 5.41) is 2.37. The molecular weight excluding hydrogens is 1060 g/mol. The Kier molecular flexibility index (Phi) is 18.6. The van der Waals surface area contributed by atoms with Gasteiger partial charge in [-0.25, -0.2) is 0 Å². The smallest absolute Gasteiger partial charge is 0.0722 e. The van der Waals surface area contributed by atoms with Crippen LogP contribution in [0, 0.1) is 0 Å². The third kappa shape index (κ3) is 11.6. The van der Waals surface area contributed by atoms with E-state index in [0.717, 1.165) is 42.7 Å². The Labute approximate surface area is 517 Å². The van der Waals surface area contributed by atoms with Gasteiger partial charge in [-0.05, 0) is 201 Å². The molecule has 3 heteroatoms. The molecule has 85 heavy (non-hydrogen) atoms. The molecule has 2 heterocycles. The molecule has 0 N–H and O–H groups in total. The fourth-order valence-electron chi connectivity index (χ4n) is 14.4. The van der Waals surface area contributed by atoms with Gasteiger partial charge in [0.1, 0.15) is 0 Å². The van der Waals surface area contributed by atoms with Crippen molar-refractivity contribution in [1.29, 1.82) is 0 Å². The van der Waals surface area contributed by atoms with E-state index in [9.17, 15) is 0 Å². The second-order valence-corrected chi connectivity index (χ2v) is 26.5. The Morgan fingerprint density at radius 3 is 1.07 bits per heavy atom. The maximum absolute atomic E-state index is 2.71. The topological polar surface area (TPSA) is 3.24 Å². The van der Waals surface area contributed by atoms with Crippen molar-refractivity contribution >= 4 is 39.7 Å². The van der Waals surface area contributed by atoms with Gasteiger partial charge >= 0.3 is 0 Å². The molecule has 0 bridgehead atoms. The molecule has 2 aliphatic rings. The Morgan fingerprint density at radius 1 is 0.318 bits per heavy atom. The van der Waals surface area contributed by atoms with Crippen LogP contribution in [0.5, 0.6) is 0 Å². The number of hydrogen-bond donors (Lipinski definition) is 0. The van der Waals surface area contributed by atoms with Crippen molar-refractivity contribution in [2.45, 2.75) is 167 Å². The Balaban J connectivity index is 1.06.